The second kappa shape index (κ2) is 5.75. The first-order valence-corrected chi connectivity index (χ1v) is 9.47. The molecule has 0 saturated heterocycles. The summed E-state index contributed by atoms with van der Waals surface area (Å²) in [5.74, 6) is -0.0198. The number of aromatic nitrogens is 4. The second-order valence-electron chi connectivity index (χ2n) is 7.31. The Hall–Kier alpha value is -3.99. The monoisotopic (exact) mass is 376 g/mol. The number of fused-ring (bicyclic) bond motifs is 7. The van der Waals surface area contributed by atoms with Crippen LogP contribution in [-0.2, 0) is 0 Å². The molecule has 0 N–H and O–H groups in total. The molecule has 0 spiro atoms. The molecule has 0 atom stereocenters. The maximum Gasteiger partial charge on any atom is 0.195 e. The fraction of sp³-hybridized carbons (Fsp3) is 0.0417. The summed E-state index contributed by atoms with van der Waals surface area (Å²) in [6, 6.07) is 19.4. The van der Waals surface area contributed by atoms with Gasteiger partial charge in [-0.25, -0.2) is 9.97 Å². The quantitative estimate of drug-likeness (QED) is 0.407. The van der Waals surface area contributed by atoms with Gasteiger partial charge < -0.3 is 4.40 Å². The van der Waals surface area contributed by atoms with E-state index in [0.29, 0.717) is 16.6 Å². The van der Waals surface area contributed by atoms with Crippen molar-refractivity contribution in [3.05, 3.63) is 96.1 Å². The van der Waals surface area contributed by atoms with Crippen LogP contribution in [0.15, 0.2) is 79.4 Å². The molecule has 0 aliphatic rings. The van der Waals surface area contributed by atoms with Crippen molar-refractivity contribution in [3.63, 3.8) is 0 Å². The van der Waals surface area contributed by atoms with E-state index < -0.39 is 0 Å². The molecule has 0 amide bonds. The number of hydrogen-bond donors (Lipinski definition) is 0. The predicted octanol–water partition coefficient (Wildman–Crippen LogP) is 4.83. The fourth-order valence-corrected chi connectivity index (χ4v) is 4.10. The Balaban J connectivity index is 1.74. The number of pyridine rings is 1. The van der Waals surface area contributed by atoms with Gasteiger partial charge >= 0.3 is 0 Å². The molecule has 4 aromatic heterocycles. The van der Waals surface area contributed by atoms with E-state index in [1.54, 1.807) is 6.33 Å². The zero-order valence-corrected chi connectivity index (χ0v) is 15.7. The molecule has 5 nitrogen and oxygen atoms in total. The molecule has 4 heterocycles. The Labute approximate surface area is 165 Å². The van der Waals surface area contributed by atoms with Gasteiger partial charge in [-0.1, -0.05) is 36.4 Å². The first kappa shape index (κ1) is 16.0. The van der Waals surface area contributed by atoms with Gasteiger partial charge in [0.15, 0.2) is 11.4 Å². The first-order valence-electron chi connectivity index (χ1n) is 9.47. The summed E-state index contributed by atoms with van der Waals surface area (Å²) in [5, 5.41) is 0.986. The third kappa shape index (κ3) is 2.24. The minimum atomic E-state index is -0.0198. The number of carbonyl (C=O) groups excluding carboxylic acids is 1. The second-order valence-corrected chi connectivity index (χ2v) is 7.31. The summed E-state index contributed by atoms with van der Waals surface area (Å²) in [4.78, 5) is 22.8. The average molecular weight is 376 g/mol. The summed E-state index contributed by atoms with van der Waals surface area (Å²) in [5.41, 5.74) is 6.63. The maximum atomic E-state index is 13.2. The topological polar surface area (TPSA) is 51.7 Å². The van der Waals surface area contributed by atoms with Crippen LogP contribution < -0.4 is 0 Å². The predicted molar refractivity (Wildman–Crippen MR) is 114 cm³/mol. The van der Waals surface area contributed by atoms with Crippen LogP contribution in [0.5, 0.6) is 0 Å². The number of nitrogens with zero attached hydrogens (tertiary/aromatic N) is 4. The highest BCUT2D eigenvalue weighted by atomic mass is 16.1. The number of ketones is 1. The van der Waals surface area contributed by atoms with Crippen molar-refractivity contribution in [3.8, 4) is 0 Å². The van der Waals surface area contributed by atoms with Gasteiger partial charge in [0.05, 0.1) is 27.5 Å². The van der Waals surface area contributed by atoms with Crippen molar-refractivity contribution in [2.45, 2.75) is 6.92 Å². The third-order valence-electron chi connectivity index (χ3n) is 5.42. The van der Waals surface area contributed by atoms with Gasteiger partial charge in [-0.15, -0.1) is 0 Å². The molecule has 0 bridgehead atoms. The van der Waals surface area contributed by atoms with Crippen LogP contribution in [0.4, 0.5) is 0 Å². The number of imidazole rings is 1. The largest absolute Gasteiger partial charge is 0.321 e. The highest BCUT2D eigenvalue weighted by Gasteiger charge is 2.19. The number of benzene rings is 2. The van der Waals surface area contributed by atoms with Crippen molar-refractivity contribution in [1.82, 2.24) is 18.8 Å². The highest BCUT2D eigenvalue weighted by Crippen LogP contribution is 2.30. The highest BCUT2D eigenvalue weighted by molar-refractivity contribution is 6.17. The number of hydrogen-bond acceptors (Lipinski definition) is 3. The van der Waals surface area contributed by atoms with Gasteiger partial charge in [0.25, 0.3) is 0 Å². The lowest BCUT2D eigenvalue weighted by atomic mass is 10.00. The van der Waals surface area contributed by atoms with E-state index in [1.165, 1.54) is 0 Å². The van der Waals surface area contributed by atoms with E-state index in [9.17, 15) is 4.79 Å². The Kier molecular flexibility index (Phi) is 3.18. The Bertz CT molecular complexity index is 1570. The van der Waals surface area contributed by atoms with Crippen molar-refractivity contribution in [2.75, 3.05) is 0 Å². The van der Waals surface area contributed by atoms with Crippen LogP contribution in [0.2, 0.25) is 0 Å². The van der Waals surface area contributed by atoms with Crippen LogP contribution in [0, 0.1) is 6.92 Å². The number of aryl methyl sites for hydroxylation is 1. The van der Waals surface area contributed by atoms with Crippen LogP contribution >= 0.6 is 0 Å². The molecule has 0 fully saturated rings. The number of carbonyl (C=O) groups is 1. The van der Waals surface area contributed by atoms with Gasteiger partial charge in [0.1, 0.15) is 11.8 Å². The van der Waals surface area contributed by atoms with Gasteiger partial charge in [-0.05, 0) is 36.8 Å². The minimum Gasteiger partial charge on any atom is -0.321 e. The van der Waals surface area contributed by atoms with E-state index >= 15 is 0 Å². The van der Waals surface area contributed by atoms with E-state index in [0.717, 1.165) is 33.1 Å². The molecule has 29 heavy (non-hydrogen) atoms. The fourth-order valence-electron chi connectivity index (χ4n) is 4.10. The van der Waals surface area contributed by atoms with Gasteiger partial charge in [0.2, 0.25) is 0 Å². The molecule has 0 radical (unpaired) electrons. The summed E-state index contributed by atoms with van der Waals surface area (Å²) in [6.07, 6.45) is 5.80. The summed E-state index contributed by atoms with van der Waals surface area (Å²) >= 11 is 0. The standard InChI is InChI=1S/C24H16N4O/c1-15-11-17(23(29)16-7-3-2-4-8-16)22-20(12-15)28-14-25-18-13-27-10-6-5-9-19(27)21(18)24(28)26-22/h2-14H,1H3. The molecular formula is C24H16N4O. The van der Waals surface area contributed by atoms with E-state index in [-0.39, 0.29) is 5.78 Å². The summed E-state index contributed by atoms with van der Waals surface area (Å²) in [7, 11) is 0. The lowest BCUT2D eigenvalue weighted by molar-refractivity contribution is 0.104. The molecule has 6 rings (SSSR count). The van der Waals surface area contributed by atoms with Crippen molar-refractivity contribution in [1.29, 1.82) is 0 Å². The molecule has 5 heteroatoms. The van der Waals surface area contributed by atoms with Gasteiger partial charge in [0, 0.05) is 18.0 Å². The number of rotatable bonds is 2. The molecule has 6 aromatic rings. The van der Waals surface area contributed by atoms with Crippen molar-refractivity contribution >= 4 is 38.9 Å². The lowest BCUT2D eigenvalue weighted by Gasteiger charge is -2.04. The normalized spacial score (nSPS) is 11.8. The molecule has 2 aromatic carbocycles. The molecular weight excluding hydrogens is 360 g/mol. The Morgan fingerprint density at radius 1 is 0.966 bits per heavy atom. The van der Waals surface area contributed by atoms with Crippen LogP contribution in [0.1, 0.15) is 21.5 Å². The first-order chi connectivity index (χ1) is 14.2. The van der Waals surface area contributed by atoms with Crippen LogP contribution in [0.3, 0.4) is 0 Å². The Morgan fingerprint density at radius 2 is 1.79 bits per heavy atom. The Morgan fingerprint density at radius 3 is 2.66 bits per heavy atom. The minimum absolute atomic E-state index is 0.0198. The van der Waals surface area contributed by atoms with Crippen molar-refractivity contribution in [2.24, 2.45) is 0 Å². The van der Waals surface area contributed by atoms with E-state index in [4.69, 9.17) is 4.98 Å². The van der Waals surface area contributed by atoms with Crippen molar-refractivity contribution < 1.29 is 4.79 Å². The molecule has 138 valence electrons. The summed E-state index contributed by atoms with van der Waals surface area (Å²) < 4.78 is 4.04. The molecule has 0 aliphatic carbocycles. The molecule has 0 saturated carbocycles. The average Bonchev–Trinajstić information content (AvgIpc) is 3.31. The van der Waals surface area contributed by atoms with Crippen LogP contribution in [0.25, 0.3) is 33.1 Å². The molecule has 0 aliphatic heterocycles. The third-order valence-corrected chi connectivity index (χ3v) is 5.42. The van der Waals surface area contributed by atoms with Gasteiger partial charge in [-0.3, -0.25) is 9.20 Å². The molecule has 0 unspecified atom stereocenters. The zero-order valence-electron chi connectivity index (χ0n) is 15.7. The van der Waals surface area contributed by atoms with Crippen LogP contribution in [-0.4, -0.2) is 24.6 Å². The van der Waals surface area contributed by atoms with E-state index in [2.05, 4.69) is 21.5 Å². The maximum absolute atomic E-state index is 13.2. The zero-order chi connectivity index (χ0) is 19.5. The summed E-state index contributed by atoms with van der Waals surface area (Å²) in [6.45, 7) is 2.00. The lowest BCUT2D eigenvalue weighted by Crippen LogP contribution is -2.02. The van der Waals surface area contributed by atoms with E-state index in [1.807, 2.05) is 72.2 Å². The SMILES string of the molecule is Cc1cc(C(=O)c2ccccc2)c2nc3c4c(cn5ccccc45)ncn3c2c1. The smallest absolute Gasteiger partial charge is 0.195 e. The van der Waals surface area contributed by atoms with Gasteiger partial charge in [-0.2, -0.15) is 0 Å².